The molecule has 0 bridgehead atoms. The van der Waals surface area contributed by atoms with E-state index in [0.29, 0.717) is 19.7 Å². The lowest BCUT2D eigenvalue weighted by Crippen LogP contribution is -2.35. The summed E-state index contributed by atoms with van der Waals surface area (Å²) >= 11 is 0. The second kappa shape index (κ2) is 4.74. The molecule has 1 aliphatic heterocycles. The van der Waals surface area contributed by atoms with Crippen LogP contribution in [0.2, 0.25) is 0 Å². The molecule has 0 aromatic rings. The van der Waals surface area contributed by atoms with Crippen LogP contribution < -0.4 is 0 Å². The molecule has 13 heavy (non-hydrogen) atoms. The third-order valence-corrected chi connectivity index (χ3v) is 1.96. The molecule has 0 N–H and O–H groups in total. The van der Waals surface area contributed by atoms with Crippen molar-refractivity contribution in [3.63, 3.8) is 0 Å². The molecular weight excluding hydrogens is 170 g/mol. The number of carbonyl (C=O) groups is 1. The van der Waals surface area contributed by atoms with Crippen molar-refractivity contribution in [1.82, 2.24) is 4.90 Å². The minimum atomic E-state index is -0.242. The summed E-state index contributed by atoms with van der Waals surface area (Å²) in [6, 6.07) is 0. The summed E-state index contributed by atoms with van der Waals surface area (Å²) < 4.78 is 9.93. The third kappa shape index (κ3) is 2.65. The first kappa shape index (κ1) is 9.89. The highest BCUT2D eigenvalue weighted by molar-refractivity contribution is 5.68. The van der Waals surface area contributed by atoms with Crippen LogP contribution in [-0.2, 0) is 9.47 Å². The zero-order valence-electron chi connectivity index (χ0n) is 8.08. The van der Waals surface area contributed by atoms with E-state index in [1.807, 2.05) is 6.08 Å². The summed E-state index contributed by atoms with van der Waals surface area (Å²) in [5, 5.41) is 0. The highest BCUT2D eigenvalue weighted by Crippen LogP contribution is 2.11. The Kier molecular flexibility index (Phi) is 3.61. The van der Waals surface area contributed by atoms with Gasteiger partial charge in [-0.05, 0) is 13.0 Å². The Hall–Kier alpha value is -1.19. The summed E-state index contributed by atoms with van der Waals surface area (Å²) in [5.41, 5.74) is 0. The lowest BCUT2D eigenvalue weighted by atomic mass is 10.2. The van der Waals surface area contributed by atoms with E-state index in [1.165, 1.54) is 0 Å². The van der Waals surface area contributed by atoms with Gasteiger partial charge in [-0.15, -0.1) is 0 Å². The number of methoxy groups -OCH3 is 1. The van der Waals surface area contributed by atoms with Crippen LogP contribution in [0.1, 0.15) is 13.3 Å². The highest BCUT2D eigenvalue weighted by atomic mass is 16.6. The Morgan fingerprint density at radius 1 is 1.69 bits per heavy atom. The van der Waals surface area contributed by atoms with Crippen LogP contribution in [0, 0.1) is 0 Å². The first-order chi connectivity index (χ1) is 6.27. The van der Waals surface area contributed by atoms with Crippen LogP contribution in [0.3, 0.4) is 0 Å². The van der Waals surface area contributed by atoms with Gasteiger partial charge in [0.2, 0.25) is 0 Å². The molecule has 0 saturated heterocycles. The normalized spacial score (nSPS) is 16.5. The van der Waals surface area contributed by atoms with E-state index in [-0.39, 0.29) is 6.09 Å². The number of rotatable bonds is 2. The zero-order chi connectivity index (χ0) is 9.68. The minimum absolute atomic E-state index is 0.242. The van der Waals surface area contributed by atoms with E-state index in [9.17, 15) is 4.79 Å². The molecule has 4 nitrogen and oxygen atoms in total. The van der Waals surface area contributed by atoms with Crippen molar-refractivity contribution in [2.75, 3.05) is 26.8 Å². The van der Waals surface area contributed by atoms with Gasteiger partial charge in [0, 0.05) is 19.5 Å². The maximum Gasteiger partial charge on any atom is 0.410 e. The van der Waals surface area contributed by atoms with Crippen molar-refractivity contribution >= 4 is 6.09 Å². The van der Waals surface area contributed by atoms with Gasteiger partial charge in [0.15, 0.2) is 0 Å². The number of hydrogen-bond acceptors (Lipinski definition) is 3. The van der Waals surface area contributed by atoms with E-state index in [0.717, 1.165) is 12.2 Å². The van der Waals surface area contributed by atoms with Gasteiger partial charge in [-0.2, -0.15) is 0 Å². The fraction of sp³-hybridized carbons (Fsp3) is 0.667. The van der Waals surface area contributed by atoms with Gasteiger partial charge in [-0.1, -0.05) is 0 Å². The largest absolute Gasteiger partial charge is 0.501 e. The molecule has 0 aromatic heterocycles. The molecule has 0 spiro atoms. The fourth-order valence-corrected chi connectivity index (χ4v) is 1.22. The quantitative estimate of drug-likeness (QED) is 0.652. The molecule has 0 atom stereocenters. The summed E-state index contributed by atoms with van der Waals surface area (Å²) in [6.45, 7) is 3.50. The summed E-state index contributed by atoms with van der Waals surface area (Å²) in [6.07, 6.45) is 2.43. The molecule has 4 heteroatoms. The SMILES string of the molecule is CCOC(=O)N1CC=C(OC)CC1. The Bertz CT molecular complexity index is 213. The second-order valence-corrected chi connectivity index (χ2v) is 2.77. The number of carbonyl (C=O) groups excluding carboxylic acids is 1. The molecule has 0 aliphatic carbocycles. The van der Waals surface area contributed by atoms with Crippen molar-refractivity contribution in [3.8, 4) is 0 Å². The summed E-state index contributed by atoms with van der Waals surface area (Å²) in [7, 11) is 1.64. The molecule has 74 valence electrons. The van der Waals surface area contributed by atoms with Crippen molar-refractivity contribution in [2.24, 2.45) is 0 Å². The monoisotopic (exact) mass is 185 g/mol. The molecular formula is C9H15NO3. The standard InChI is InChI=1S/C9H15NO3/c1-3-13-9(11)10-6-4-8(12-2)5-7-10/h4H,3,5-7H2,1-2H3. The molecule has 0 saturated carbocycles. The van der Waals surface area contributed by atoms with Gasteiger partial charge in [0.1, 0.15) is 0 Å². The topological polar surface area (TPSA) is 38.8 Å². The smallest absolute Gasteiger partial charge is 0.410 e. The van der Waals surface area contributed by atoms with Crippen LogP contribution in [0.4, 0.5) is 4.79 Å². The van der Waals surface area contributed by atoms with Gasteiger partial charge >= 0.3 is 6.09 Å². The molecule has 1 heterocycles. The Balaban J connectivity index is 2.40. The average Bonchev–Trinajstić information content (AvgIpc) is 2.18. The van der Waals surface area contributed by atoms with Crippen LogP contribution in [-0.4, -0.2) is 37.8 Å². The molecule has 1 amide bonds. The summed E-state index contributed by atoms with van der Waals surface area (Å²) in [5.74, 6) is 0.945. The van der Waals surface area contributed by atoms with E-state index < -0.39 is 0 Å². The Morgan fingerprint density at radius 2 is 2.46 bits per heavy atom. The van der Waals surface area contributed by atoms with Gasteiger partial charge in [0.25, 0.3) is 0 Å². The Labute approximate surface area is 78.1 Å². The lowest BCUT2D eigenvalue weighted by molar-refractivity contribution is 0.106. The maximum atomic E-state index is 11.2. The van der Waals surface area contributed by atoms with Crippen molar-refractivity contribution in [1.29, 1.82) is 0 Å². The first-order valence-electron chi connectivity index (χ1n) is 4.42. The molecule has 1 rings (SSSR count). The number of nitrogens with zero attached hydrogens (tertiary/aromatic N) is 1. The Morgan fingerprint density at radius 3 is 2.92 bits per heavy atom. The molecule has 0 radical (unpaired) electrons. The molecule has 0 aromatic carbocycles. The van der Waals surface area contributed by atoms with Crippen molar-refractivity contribution in [2.45, 2.75) is 13.3 Å². The van der Waals surface area contributed by atoms with E-state index >= 15 is 0 Å². The van der Waals surface area contributed by atoms with Gasteiger partial charge in [-0.25, -0.2) is 4.79 Å². The van der Waals surface area contributed by atoms with Gasteiger partial charge in [0.05, 0.1) is 19.5 Å². The van der Waals surface area contributed by atoms with Crippen LogP contribution in [0.25, 0.3) is 0 Å². The van der Waals surface area contributed by atoms with Crippen molar-refractivity contribution < 1.29 is 14.3 Å². The number of amides is 1. The van der Waals surface area contributed by atoms with E-state index in [1.54, 1.807) is 18.9 Å². The fourth-order valence-electron chi connectivity index (χ4n) is 1.22. The van der Waals surface area contributed by atoms with Crippen molar-refractivity contribution in [3.05, 3.63) is 11.8 Å². The summed E-state index contributed by atoms with van der Waals surface area (Å²) in [4.78, 5) is 12.9. The average molecular weight is 185 g/mol. The predicted molar refractivity (Wildman–Crippen MR) is 48.3 cm³/mol. The van der Waals surface area contributed by atoms with Crippen LogP contribution >= 0.6 is 0 Å². The van der Waals surface area contributed by atoms with Crippen LogP contribution in [0.15, 0.2) is 11.8 Å². The highest BCUT2D eigenvalue weighted by Gasteiger charge is 2.17. The van der Waals surface area contributed by atoms with E-state index in [4.69, 9.17) is 9.47 Å². The first-order valence-corrected chi connectivity index (χ1v) is 4.42. The van der Waals surface area contributed by atoms with Gasteiger partial charge in [-0.3, -0.25) is 0 Å². The van der Waals surface area contributed by atoms with Gasteiger partial charge < -0.3 is 14.4 Å². The maximum absolute atomic E-state index is 11.2. The lowest BCUT2D eigenvalue weighted by Gasteiger charge is -2.24. The van der Waals surface area contributed by atoms with Crippen LogP contribution in [0.5, 0.6) is 0 Å². The molecule has 0 fully saturated rings. The second-order valence-electron chi connectivity index (χ2n) is 2.77. The van der Waals surface area contributed by atoms with E-state index in [2.05, 4.69) is 0 Å². The number of hydrogen-bond donors (Lipinski definition) is 0. The number of ether oxygens (including phenoxy) is 2. The third-order valence-electron chi connectivity index (χ3n) is 1.96. The molecule has 1 aliphatic rings. The minimum Gasteiger partial charge on any atom is -0.501 e. The molecule has 0 unspecified atom stereocenters. The predicted octanol–water partition coefficient (Wildman–Crippen LogP) is 1.38. The zero-order valence-corrected chi connectivity index (χ0v) is 8.08.